The summed E-state index contributed by atoms with van der Waals surface area (Å²) in [6.07, 6.45) is 5.28. The van der Waals surface area contributed by atoms with Gasteiger partial charge in [0.25, 0.3) is 0 Å². The Morgan fingerprint density at radius 2 is 1.62 bits per heavy atom. The van der Waals surface area contributed by atoms with Gasteiger partial charge < -0.3 is 9.47 Å². The highest BCUT2D eigenvalue weighted by molar-refractivity contribution is 5.95. The second-order valence-corrected chi connectivity index (χ2v) is 4.80. The molecule has 0 amide bonds. The molecule has 4 rings (SSSR count). The lowest BCUT2D eigenvalue weighted by atomic mass is 9.93. The van der Waals surface area contributed by atoms with E-state index < -0.39 is 11.9 Å². The van der Waals surface area contributed by atoms with Gasteiger partial charge in [-0.2, -0.15) is 0 Å². The van der Waals surface area contributed by atoms with E-state index in [0.717, 1.165) is 6.42 Å². The van der Waals surface area contributed by atoms with Gasteiger partial charge >= 0.3 is 11.9 Å². The van der Waals surface area contributed by atoms with Crippen molar-refractivity contribution in [3.05, 3.63) is 53.6 Å². The van der Waals surface area contributed by atoms with Crippen LogP contribution >= 0.6 is 0 Å². The molecule has 4 nitrogen and oxygen atoms in total. The van der Waals surface area contributed by atoms with E-state index in [-0.39, 0.29) is 13.2 Å². The minimum Gasteiger partial charge on any atom is -0.427 e. The van der Waals surface area contributed by atoms with Crippen molar-refractivity contribution in [3.63, 3.8) is 0 Å². The molecule has 0 saturated carbocycles. The van der Waals surface area contributed by atoms with Crippen molar-refractivity contribution in [3.8, 4) is 0 Å². The van der Waals surface area contributed by atoms with Crippen LogP contribution in [0.15, 0.2) is 42.5 Å². The van der Waals surface area contributed by atoms with Crippen molar-refractivity contribution in [1.29, 1.82) is 0 Å². The van der Waals surface area contributed by atoms with Crippen LogP contribution in [0.3, 0.4) is 0 Å². The molecule has 0 unspecified atom stereocenters. The molecular weight excluding hydrogens is 268 g/mol. The quantitative estimate of drug-likeness (QED) is 0.551. The Bertz CT molecular complexity index is 711. The summed E-state index contributed by atoms with van der Waals surface area (Å²) in [6, 6.07) is 13.0. The van der Waals surface area contributed by atoms with Gasteiger partial charge in [0, 0.05) is 0 Å². The Morgan fingerprint density at radius 1 is 0.905 bits per heavy atom. The fraction of sp³-hybridized carbons (Fsp3) is 0.176. The maximum absolute atomic E-state index is 10.2. The highest BCUT2D eigenvalue weighted by Gasteiger charge is 2.17. The van der Waals surface area contributed by atoms with Crippen LogP contribution < -0.4 is 0 Å². The Kier molecular flexibility index (Phi) is 3.69. The van der Waals surface area contributed by atoms with Gasteiger partial charge in [0.2, 0.25) is 6.79 Å². The van der Waals surface area contributed by atoms with Gasteiger partial charge in [0.1, 0.15) is 6.42 Å². The van der Waals surface area contributed by atoms with E-state index in [9.17, 15) is 9.59 Å². The third-order valence-electron chi connectivity index (χ3n) is 3.39. The minimum absolute atomic E-state index is 0.225. The number of cyclic esters (lactones) is 2. The molecule has 2 aliphatic rings. The van der Waals surface area contributed by atoms with Crippen LogP contribution in [0, 0.1) is 0 Å². The first-order valence-electron chi connectivity index (χ1n) is 6.72. The third-order valence-corrected chi connectivity index (χ3v) is 3.39. The monoisotopic (exact) mass is 282 g/mol. The maximum atomic E-state index is 10.2. The van der Waals surface area contributed by atoms with Crippen molar-refractivity contribution in [2.75, 3.05) is 6.79 Å². The number of hydrogen-bond acceptors (Lipinski definition) is 4. The molecule has 1 saturated heterocycles. The van der Waals surface area contributed by atoms with E-state index in [1.54, 1.807) is 0 Å². The summed E-state index contributed by atoms with van der Waals surface area (Å²) in [4.78, 5) is 20.3. The van der Waals surface area contributed by atoms with E-state index in [1.807, 2.05) is 0 Å². The number of allylic oxidation sites excluding steroid dienone is 1. The molecule has 1 fully saturated rings. The summed E-state index contributed by atoms with van der Waals surface area (Å²) in [7, 11) is 0. The molecule has 106 valence electrons. The smallest absolute Gasteiger partial charge is 0.320 e. The number of rotatable bonds is 0. The van der Waals surface area contributed by atoms with Gasteiger partial charge in [-0.1, -0.05) is 48.6 Å². The van der Waals surface area contributed by atoms with Crippen LogP contribution in [0.4, 0.5) is 0 Å². The molecule has 21 heavy (non-hydrogen) atoms. The van der Waals surface area contributed by atoms with Gasteiger partial charge in [0.05, 0.1) is 0 Å². The van der Waals surface area contributed by atoms with E-state index >= 15 is 0 Å². The molecule has 4 heteroatoms. The van der Waals surface area contributed by atoms with Gasteiger partial charge in [0.15, 0.2) is 0 Å². The molecule has 1 heterocycles. The summed E-state index contributed by atoms with van der Waals surface area (Å²) in [6.45, 7) is -0.225. The van der Waals surface area contributed by atoms with Crippen LogP contribution in [-0.4, -0.2) is 18.7 Å². The number of ether oxygens (including phenoxy) is 2. The van der Waals surface area contributed by atoms with Crippen LogP contribution in [0.25, 0.3) is 16.8 Å². The summed E-state index contributed by atoms with van der Waals surface area (Å²) in [5, 5.41) is 2.80. The van der Waals surface area contributed by atoms with Crippen molar-refractivity contribution in [1.82, 2.24) is 0 Å². The summed E-state index contributed by atoms with van der Waals surface area (Å²) in [5.74, 6) is -1.03. The van der Waals surface area contributed by atoms with Crippen LogP contribution in [0.5, 0.6) is 0 Å². The van der Waals surface area contributed by atoms with Crippen molar-refractivity contribution in [2.45, 2.75) is 12.8 Å². The molecule has 0 aromatic heterocycles. The average Bonchev–Trinajstić information content (AvgIpc) is 2.49. The van der Waals surface area contributed by atoms with E-state index in [0.29, 0.717) is 0 Å². The van der Waals surface area contributed by atoms with Crippen molar-refractivity contribution >= 4 is 28.8 Å². The van der Waals surface area contributed by atoms with Crippen LogP contribution in [0.2, 0.25) is 0 Å². The lowest BCUT2D eigenvalue weighted by Crippen LogP contribution is -2.22. The fourth-order valence-corrected chi connectivity index (χ4v) is 2.45. The lowest BCUT2D eigenvalue weighted by Gasteiger charge is -2.11. The Morgan fingerprint density at radius 3 is 2.29 bits per heavy atom. The predicted molar refractivity (Wildman–Crippen MR) is 78.4 cm³/mol. The largest absolute Gasteiger partial charge is 0.427 e. The highest BCUT2D eigenvalue weighted by Crippen LogP contribution is 2.27. The maximum Gasteiger partial charge on any atom is 0.320 e. The normalized spacial score (nSPS) is 15.8. The van der Waals surface area contributed by atoms with Gasteiger partial charge in [-0.15, -0.1) is 0 Å². The molecule has 0 bridgehead atoms. The Labute approximate surface area is 122 Å². The zero-order valence-corrected chi connectivity index (χ0v) is 11.4. The second-order valence-electron chi connectivity index (χ2n) is 4.80. The first-order chi connectivity index (χ1) is 10.2. The first-order valence-corrected chi connectivity index (χ1v) is 6.72. The van der Waals surface area contributed by atoms with Gasteiger partial charge in [-0.05, 0) is 28.3 Å². The molecule has 2 aromatic carbocycles. The fourth-order valence-electron chi connectivity index (χ4n) is 2.45. The average molecular weight is 282 g/mol. The SMILES string of the molecule is C1=Cc2cccc3cccc(c23)C1.O=C1CC(=O)OCO1. The Balaban J connectivity index is 0.000000143. The first kappa shape index (κ1) is 13.4. The summed E-state index contributed by atoms with van der Waals surface area (Å²) >= 11 is 0. The molecule has 0 atom stereocenters. The lowest BCUT2D eigenvalue weighted by molar-refractivity contribution is -0.181. The predicted octanol–water partition coefficient (Wildman–Crippen LogP) is 2.84. The van der Waals surface area contributed by atoms with Crippen molar-refractivity contribution in [2.24, 2.45) is 0 Å². The molecule has 1 aliphatic carbocycles. The minimum atomic E-state index is -0.513. The topological polar surface area (TPSA) is 52.6 Å². The molecule has 0 radical (unpaired) electrons. The van der Waals surface area contributed by atoms with Crippen LogP contribution in [-0.2, 0) is 25.5 Å². The zero-order chi connectivity index (χ0) is 14.7. The highest BCUT2D eigenvalue weighted by atomic mass is 16.7. The van der Waals surface area contributed by atoms with Gasteiger partial charge in [-0.25, -0.2) is 0 Å². The number of hydrogen-bond donors (Lipinski definition) is 0. The van der Waals surface area contributed by atoms with Crippen LogP contribution in [0.1, 0.15) is 17.5 Å². The number of carbonyl (C=O) groups is 2. The van der Waals surface area contributed by atoms with Gasteiger partial charge in [-0.3, -0.25) is 9.59 Å². The number of esters is 2. The molecular formula is C17H14O4. The van der Waals surface area contributed by atoms with E-state index in [1.165, 1.54) is 21.9 Å². The number of benzene rings is 2. The molecule has 0 N–H and O–H groups in total. The third kappa shape index (κ3) is 2.94. The van der Waals surface area contributed by atoms with Crippen molar-refractivity contribution < 1.29 is 19.1 Å². The Hall–Kier alpha value is -2.62. The van der Waals surface area contributed by atoms with E-state index in [4.69, 9.17) is 0 Å². The summed E-state index contributed by atoms with van der Waals surface area (Å²) < 4.78 is 8.53. The second kappa shape index (κ2) is 5.79. The van der Waals surface area contributed by atoms with E-state index in [2.05, 4.69) is 58.0 Å². The molecule has 1 aliphatic heterocycles. The summed E-state index contributed by atoms with van der Waals surface area (Å²) in [5.41, 5.74) is 2.81. The molecule has 0 spiro atoms. The standard InChI is InChI=1S/C13H10.C4H4O4/c1-4-10-6-2-8-12-9-3-7-11(5-1)13(10)12;5-3-1-4(6)8-2-7-3/h1-8H,9H2;1-2H2. The zero-order valence-electron chi connectivity index (χ0n) is 11.4. The number of carbonyl (C=O) groups excluding carboxylic acids is 2. The molecule has 2 aromatic rings.